The van der Waals surface area contributed by atoms with Gasteiger partial charge in [0, 0.05) is 64.6 Å². The van der Waals surface area contributed by atoms with Crippen molar-refractivity contribution in [2.75, 3.05) is 77.5 Å². The van der Waals surface area contributed by atoms with Gasteiger partial charge >= 0.3 is 12.1 Å². The van der Waals surface area contributed by atoms with E-state index < -0.39 is 24.1 Å². The number of anilines is 1. The van der Waals surface area contributed by atoms with Gasteiger partial charge in [0.25, 0.3) is 5.91 Å². The maximum absolute atomic E-state index is 13.2. The van der Waals surface area contributed by atoms with Crippen LogP contribution in [0.4, 0.5) is 15.3 Å². The number of hydrogen-bond donors (Lipinski definition) is 0. The van der Waals surface area contributed by atoms with E-state index in [2.05, 4.69) is 39.0 Å². The lowest BCUT2D eigenvalue weighted by Crippen LogP contribution is -2.54. The summed E-state index contributed by atoms with van der Waals surface area (Å²) in [4.78, 5) is 54.7. The van der Waals surface area contributed by atoms with E-state index in [9.17, 15) is 14.4 Å². The van der Waals surface area contributed by atoms with Gasteiger partial charge in [-0.2, -0.15) is 0 Å². The molecule has 0 spiro atoms. The molecule has 4 fully saturated rings. The van der Waals surface area contributed by atoms with Crippen molar-refractivity contribution in [2.24, 2.45) is 5.92 Å². The lowest BCUT2D eigenvalue weighted by Gasteiger charge is -2.39. The van der Waals surface area contributed by atoms with Gasteiger partial charge in [0.05, 0.1) is 7.11 Å². The number of hydroxylamine groups is 2. The van der Waals surface area contributed by atoms with Gasteiger partial charge in [0.1, 0.15) is 11.8 Å². The van der Waals surface area contributed by atoms with E-state index in [-0.39, 0.29) is 0 Å². The Bertz CT molecular complexity index is 1250. The lowest BCUT2D eigenvalue weighted by molar-refractivity contribution is -0.152. The molecule has 4 amide bonds. The minimum absolute atomic E-state index is 0.437. The largest absolute Gasteiger partial charge is 0.497 e. The summed E-state index contributed by atoms with van der Waals surface area (Å²) in [5.41, 5.74) is 2.39. The van der Waals surface area contributed by atoms with Crippen molar-refractivity contribution in [3.05, 3.63) is 60.2 Å². The summed E-state index contributed by atoms with van der Waals surface area (Å²) in [6, 6.07) is 17.2. The van der Waals surface area contributed by atoms with Crippen molar-refractivity contribution >= 4 is 23.7 Å². The summed E-state index contributed by atoms with van der Waals surface area (Å²) in [5, 5.41) is 0.689. The predicted octanol–water partition coefficient (Wildman–Crippen LogP) is 3.76. The van der Waals surface area contributed by atoms with Crippen LogP contribution in [0.25, 0.3) is 0 Å². The number of likely N-dealkylation sites (tertiary alicyclic amines) is 1. The number of urea groups is 1. The monoisotopic (exact) mass is 606 g/mol. The summed E-state index contributed by atoms with van der Waals surface area (Å²) in [6.45, 7) is 11.8. The van der Waals surface area contributed by atoms with Gasteiger partial charge in [-0.15, -0.1) is 0 Å². The maximum atomic E-state index is 13.2. The molecule has 11 nitrogen and oxygen atoms in total. The zero-order valence-electron chi connectivity index (χ0n) is 26.3. The molecule has 6 rings (SSSR count). The molecule has 1 unspecified atom stereocenters. The smallest absolute Gasteiger partial charge is 0.434 e. The van der Waals surface area contributed by atoms with Crippen molar-refractivity contribution in [3.8, 4) is 5.75 Å². The molecule has 4 heterocycles. The Morgan fingerprint density at radius 1 is 0.818 bits per heavy atom. The second-order valence-electron chi connectivity index (χ2n) is 11.6. The van der Waals surface area contributed by atoms with E-state index in [0.29, 0.717) is 50.2 Å². The minimum atomic E-state index is -0.662. The van der Waals surface area contributed by atoms with Gasteiger partial charge in [-0.25, -0.2) is 9.59 Å². The highest BCUT2D eigenvalue weighted by Gasteiger charge is 2.50. The number of fused-ring (bicyclic) bond motifs is 1. The number of methoxy groups -OCH3 is 1. The molecule has 0 N–H and O–H groups in total. The Morgan fingerprint density at radius 3 is 2.16 bits per heavy atom. The first kappa shape index (κ1) is 31.6. The average molecular weight is 607 g/mol. The van der Waals surface area contributed by atoms with Gasteiger partial charge in [0.2, 0.25) is 0 Å². The SMILES string of the molecule is CC.COc1ccc(N2CCN(C(=O)ON3C(=O)C4CN(CC5CCN(Cc6ccccc6)CC5)CCN4C3=O)CC2)cc1. The molecule has 4 aliphatic heterocycles. The number of imide groups is 1. The van der Waals surface area contributed by atoms with Crippen LogP contribution in [0.2, 0.25) is 0 Å². The first-order chi connectivity index (χ1) is 21.5. The Balaban J connectivity index is 0.00000188. The molecule has 0 radical (unpaired) electrons. The van der Waals surface area contributed by atoms with Crippen molar-refractivity contribution in [3.63, 3.8) is 0 Å². The molecule has 2 aromatic carbocycles. The van der Waals surface area contributed by atoms with E-state index >= 15 is 0 Å². The number of rotatable bonds is 7. The van der Waals surface area contributed by atoms with Crippen LogP contribution in [0, 0.1) is 5.92 Å². The summed E-state index contributed by atoms with van der Waals surface area (Å²) >= 11 is 0. The number of carbonyl (C=O) groups is 3. The average Bonchev–Trinajstić information content (AvgIpc) is 3.31. The van der Waals surface area contributed by atoms with Crippen LogP contribution in [0.1, 0.15) is 32.3 Å². The summed E-state index contributed by atoms with van der Waals surface area (Å²) < 4.78 is 5.23. The number of piperidine rings is 1. The number of hydrogen-bond acceptors (Lipinski definition) is 8. The van der Waals surface area contributed by atoms with Crippen LogP contribution >= 0.6 is 0 Å². The van der Waals surface area contributed by atoms with Crippen LogP contribution in [0.15, 0.2) is 54.6 Å². The number of carbonyl (C=O) groups excluding carboxylic acids is 3. The fraction of sp³-hybridized carbons (Fsp3) is 0.545. The summed E-state index contributed by atoms with van der Waals surface area (Å²) in [7, 11) is 1.63. The molecule has 238 valence electrons. The second-order valence-corrected chi connectivity index (χ2v) is 11.6. The van der Waals surface area contributed by atoms with E-state index in [1.54, 1.807) is 16.9 Å². The van der Waals surface area contributed by atoms with E-state index in [1.165, 1.54) is 5.56 Å². The molecule has 1 atom stereocenters. The molecule has 0 bridgehead atoms. The zero-order valence-corrected chi connectivity index (χ0v) is 26.3. The molecule has 11 heteroatoms. The van der Waals surface area contributed by atoms with Crippen LogP contribution < -0.4 is 9.64 Å². The van der Waals surface area contributed by atoms with Crippen LogP contribution in [0.3, 0.4) is 0 Å². The van der Waals surface area contributed by atoms with Crippen LogP contribution in [-0.4, -0.2) is 121 Å². The highest BCUT2D eigenvalue weighted by molar-refractivity contribution is 6.04. The van der Waals surface area contributed by atoms with Crippen molar-refractivity contribution < 1.29 is 24.0 Å². The van der Waals surface area contributed by atoms with Crippen LogP contribution in [0.5, 0.6) is 5.75 Å². The molecule has 4 saturated heterocycles. The predicted molar refractivity (Wildman–Crippen MR) is 168 cm³/mol. The van der Waals surface area contributed by atoms with Crippen molar-refractivity contribution in [1.82, 2.24) is 24.7 Å². The Labute approximate surface area is 260 Å². The van der Waals surface area contributed by atoms with E-state index in [0.717, 1.165) is 57.0 Å². The molecule has 0 aromatic heterocycles. The summed E-state index contributed by atoms with van der Waals surface area (Å²) in [6.07, 6.45) is 1.59. The molecule has 4 aliphatic rings. The number of amides is 4. The highest BCUT2D eigenvalue weighted by atomic mass is 16.7. The Morgan fingerprint density at radius 2 is 1.50 bits per heavy atom. The standard InChI is InChI=1S/C31H40N6O5.C2H6/c1-41-27-9-7-26(8-10-27)34-16-18-35(19-17-34)31(40)42-37-29(38)28-23-33(15-20-36(28)30(37)39)22-25-11-13-32(14-12-25)21-24-5-3-2-4-6-24;1-2/h2-10,25,28H,11-23H2,1H3;1-2H3. The van der Waals surface area contributed by atoms with Gasteiger partial charge in [-0.3, -0.25) is 14.6 Å². The first-order valence-corrected chi connectivity index (χ1v) is 16.0. The second kappa shape index (κ2) is 14.8. The number of piperazine rings is 2. The lowest BCUT2D eigenvalue weighted by atomic mass is 9.95. The maximum Gasteiger partial charge on any atom is 0.434 e. The fourth-order valence-corrected chi connectivity index (χ4v) is 6.49. The third kappa shape index (κ3) is 7.27. The van der Waals surface area contributed by atoms with Gasteiger partial charge in [-0.05, 0) is 61.7 Å². The van der Waals surface area contributed by atoms with E-state index in [1.807, 2.05) is 44.2 Å². The third-order valence-electron chi connectivity index (χ3n) is 8.99. The molecule has 2 aromatic rings. The quantitative estimate of drug-likeness (QED) is 0.441. The first-order valence-electron chi connectivity index (χ1n) is 16.0. The highest BCUT2D eigenvalue weighted by Crippen LogP contribution is 2.26. The minimum Gasteiger partial charge on any atom is -0.497 e. The van der Waals surface area contributed by atoms with Crippen molar-refractivity contribution in [1.29, 1.82) is 0 Å². The molecular formula is C33H46N6O5. The zero-order chi connectivity index (χ0) is 31.1. The number of ether oxygens (including phenoxy) is 1. The topological polar surface area (TPSA) is 89.1 Å². The molecule has 0 aliphatic carbocycles. The number of benzene rings is 2. The molecule has 44 heavy (non-hydrogen) atoms. The fourth-order valence-electron chi connectivity index (χ4n) is 6.49. The van der Waals surface area contributed by atoms with Gasteiger partial charge in [0.15, 0.2) is 0 Å². The third-order valence-corrected chi connectivity index (χ3v) is 8.99. The molecular weight excluding hydrogens is 560 g/mol. The van der Waals surface area contributed by atoms with Crippen molar-refractivity contribution in [2.45, 2.75) is 39.3 Å². The Kier molecular flexibility index (Phi) is 10.6. The van der Waals surface area contributed by atoms with Gasteiger partial charge < -0.3 is 24.3 Å². The molecule has 0 saturated carbocycles. The van der Waals surface area contributed by atoms with Gasteiger partial charge in [-0.1, -0.05) is 49.2 Å². The normalized spacial score (nSPS) is 21.6. The number of nitrogens with zero attached hydrogens (tertiary/aromatic N) is 6. The summed E-state index contributed by atoms with van der Waals surface area (Å²) in [5.74, 6) is 0.911. The van der Waals surface area contributed by atoms with E-state index in [4.69, 9.17) is 9.57 Å². The Hall–Kier alpha value is -3.83. The van der Waals surface area contributed by atoms with Crippen LogP contribution in [-0.2, 0) is 16.2 Å².